The van der Waals surface area contributed by atoms with E-state index in [-0.39, 0.29) is 13.1 Å². The van der Waals surface area contributed by atoms with Crippen LogP contribution in [0.25, 0.3) is 0 Å². The lowest BCUT2D eigenvalue weighted by molar-refractivity contribution is -0.390. The number of rotatable bonds is 3. The fraction of sp³-hybridized carbons (Fsp3) is 0.417. The van der Waals surface area contributed by atoms with Crippen molar-refractivity contribution < 1.29 is 17.7 Å². The standard InChI is InChI=1S/C12H12FN3O4S/c13-10-4-1-5-11(12(10)16(17)18)21(19,20)15-6-2-3-9(7-14)8-15/h1,4-5,9H,2-3,6,8H2. The molecule has 2 rings (SSSR count). The number of halogens is 1. The third kappa shape index (κ3) is 2.86. The third-order valence-electron chi connectivity index (χ3n) is 3.32. The number of para-hydroxylation sites is 1. The molecule has 112 valence electrons. The van der Waals surface area contributed by atoms with Crippen molar-refractivity contribution in [3.05, 3.63) is 34.1 Å². The Balaban J connectivity index is 2.48. The maximum Gasteiger partial charge on any atom is 0.324 e. The van der Waals surface area contributed by atoms with Crippen molar-refractivity contribution >= 4 is 15.7 Å². The molecule has 0 saturated carbocycles. The van der Waals surface area contributed by atoms with Gasteiger partial charge in [-0.1, -0.05) is 6.07 Å². The highest BCUT2D eigenvalue weighted by molar-refractivity contribution is 7.89. The van der Waals surface area contributed by atoms with Gasteiger partial charge in [0.15, 0.2) is 4.90 Å². The minimum atomic E-state index is -4.20. The Labute approximate surface area is 120 Å². The first-order valence-corrected chi connectivity index (χ1v) is 7.64. The first-order chi connectivity index (χ1) is 9.87. The fourth-order valence-corrected chi connectivity index (χ4v) is 3.98. The topological polar surface area (TPSA) is 104 Å². The van der Waals surface area contributed by atoms with Gasteiger partial charge in [-0.05, 0) is 25.0 Å². The predicted molar refractivity (Wildman–Crippen MR) is 70.2 cm³/mol. The van der Waals surface area contributed by atoms with E-state index in [2.05, 4.69) is 0 Å². The molecule has 9 heteroatoms. The minimum Gasteiger partial charge on any atom is -0.258 e. The van der Waals surface area contributed by atoms with Crippen LogP contribution in [0.5, 0.6) is 0 Å². The van der Waals surface area contributed by atoms with Gasteiger partial charge >= 0.3 is 5.69 Å². The summed E-state index contributed by atoms with van der Waals surface area (Å²) in [5, 5.41) is 19.8. The van der Waals surface area contributed by atoms with E-state index in [0.29, 0.717) is 12.8 Å². The van der Waals surface area contributed by atoms with Crippen molar-refractivity contribution in [2.75, 3.05) is 13.1 Å². The zero-order valence-electron chi connectivity index (χ0n) is 10.9. The zero-order valence-corrected chi connectivity index (χ0v) is 11.7. The van der Waals surface area contributed by atoms with Crippen molar-refractivity contribution in [3.63, 3.8) is 0 Å². The summed E-state index contributed by atoms with van der Waals surface area (Å²) in [7, 11) is -4.20. The average molecular weight is 313 g/mol. The smallest absolute Gasteiger partial charge is 0.258 e. The minimum absolute atomic E-state index is 0.0352. The van der Waals surface area contributed by atoms with E-state index in [1.165, 1.54) is 0 Å². The lowest BCUT2D eigenvalue weighted by Crippen LogP contribution is -2.39. The van der Waals surface area contributed by atoms with Gasteiger partial charge in [-0.3, -0.25) is 10.1 Å². The Hall–Kier alpha value is -2.05. The summed E-state index contributed by atoms with van der Waals surface area (Å²) in [5.41, 5.74) is -1.06. The van der Waals surface area contributed by atoms with Crippen LogP contribution in [0, 0.1) is 33.2 Å². The molecule has 0 N–H and O–H groups in total. The van der Waals surface area contributed by atoms with Crippen molar-refractivity contribution in [2.24, 2.45) is 5.92 Å². The SMILES string of the molecule is N#CC1CCCN(S(=O)(=O)c2cccc(F)c2[N+](=O)[O-])C1. The normalized spacial score (nSPS) is 19.9. The van der Waals surface area contributed by atoms with Crippen molar-refractivity contribution in [2.45, 2.75) is 17.7 Å². The maximum atomic E-state index is 13.6. The van der Waals surface area contributed by atoms with E-state index < -0.39 is 37.3 Å². The summed E-state index contributed by atoms with van der Waals surface area (Å²) in [5.74, 6) is -1.66. The molecular weight excluding hydrogens is 301 g/mol. The van der Waals surface area contributed by atoms with Crippen LogP contribution in [0.15, 0.2) is 23.1 Å². The summed E-state index contributed by atoms with van der Waals surface area (Å²) < 4.78 is 39.5. The van der Waals surface area contributed by atoms with Crippen LogP contribution in [0.1, 0.15) is 12.8 Å². The molecule has 0 aromatic heterocycles. The Morgan fingerprint density at radius 3 is 2.81 bits per heavy atom. The molecule has 0 bridgehead atoms. The Morgan fingerprint density at radius 2 is 2.19 bits per heavy atom. The van der Waals surface area contributed by atoms with Gasteiger partial charge in [0.05, 0.1) is 16.9 Å². The van der Waals surface area contributed by atoms with Crippen LogP contribution < -0.4 is 0 Å². The van der Waals surface area contributed by atoms with Gasteiger partial charge in [-0.25, -0.2) is 8.42 Å². The van der Waals surface area contributed by atoms with E-state index in [9.17, 15) is 22.9 Å². The third-order valence-corrected chi connectivity index (χ3v) is 5.21. The molecule has 1 heterocycles. The second-order valence-electron chi connectivity index (χ2n) is 4.67. The second-order valence-corrected chi connectivity index (χ2v) is 6.58. The Bertz CT molecular complexity index is 714. The molecule has 0 spiro atoms. The molecule has 1 saturated heterocycles. The summed E-state index contributed by atoms with van der Waals surface area (Å²) in [6.45, 7) is 0.126. The highest BCUT2D eigenvalue weighted by atomic mass is 32.2. The summed E-state index contributed by atoms with van der Waals surface area (Å²) in [4.78, 5) is 9.20. The molecule has 1 aromatic carbocycles. The largest absolute Gasteiger partial charge is 0.324 e. The number of benzene rings is 1. The van der Waals surface area contributed by atoms with Crippen molar-refractivity contribution in [3.8, 4) is 6.07 Å². The molecule has 1 aromatic rings. The number of nitro benzene ring substituents is 1. The molecule has 0 aliphatic carbocycles. The van der Waals surface area contributed by atoms with Gasteiger partial charge in [-0.15, -0.1) is 0 Å². The lowest BCUT2D eigenvalue weighted by atomic mass is 10.0. The highest BCUT2D eigenvalue weighted by Gasteiger charge is 2.36. The number of sulfonamides is 1. The molecule has 1 aliphatic rings. The van der Waals surface area contributed by atoms with Crippen LogP contribution >= 0.6 is 0 Å². The number of nitriles is 1. The number of nitrogens with zero attached hydrogens (tertiary/aromatic N) is 3. The van der Waals surface area contributed by atoms with Crippen LogP contribution in [-0.4, -0.2) is 30.7 Å². The van der Waals surface area contributed by atoms with Gasteiger partial charge in [0, 0.05) is 13.1 Å². The quantitative estimate of drug-likeness (QED) is 0.623. The van der Waals surface area contributed by atoms with Gasteiger partial charge in [0.2, 0.25) is 15.8 Å². The molecule has 1 aliphatic heterocycles. The number of piperidine rings is 1. The number of hydrogen-bond donors (Lipinski definition) is 0. The second kappa shape index (κ2) is 5.75. The molecule has 1 unspecified atom stereocenters. The van der Waals surface area contributed by atoms with Gasteiger partial charge < -0.3 is 0 Å². The molecule has 1 atom stereocenters. The lowest BCUT2D eigenvalue weighted by Gasteiger charge is -2.28. The zero-order chi connectivity index (χ0) is 15.6. The van der Waals surface area contributed by atoms with E-state index in [1.54, 1.807) is 0 Å². The van der Waals surface area contributed by atoms with Crippen LogP contribution in [0.3, 0.4) is 0 Å². The maximum absolute atomic E-state index is 13.6. The summed E-state index contributed by atoms with van der Waals surface area (Å²) in [6.07, 6.45) is 1.06. The van der Waals surface area contributed by atoms with Gasteiger partial charge in [0.25, 0.3) is 0 Å². The molecule has 7 nitrogen and oxygen atoms in total. The van der Waals surface area contributed by atoms with Crippen molar-refractivity contribution in [1.82, 2.24) is 4.31 Å². The average Bonchev–Trinajstić information content (AvgIpc) is 2.46. The monoisotopic (exact) mass is 313 g/mol. The number of nitro groups is 1. The van der Waals surface area contributed by atoms with Gasteiger partial charge in [-0.2, -0.15) is 14.0 Å². The van der Waals surface area contributed by atoms with E-state index >= 15 is 0 Å². The van der Waals surface area contributed by atoms with Gasteiger partial charge in [0.1, 0.15) is 0 Å². The first-order valence-electron chi connectivity index (χ1n) is 6.20. The molecule has 1 fully saturated rings. The van der Waals surface area contributed by atoms with Crippen LogP contribution in [0.4, 0.5) is 10.1 Å². The Kier molecular flexibility index (Phi) is 4.20. The predicted octanol–water partition coefficient (Wildman–Crippen LogP) is 1.66. The molecule has 0 amide bonds. The molecule has 0 radical (unpaired) electrons. The molecular formula is C12H12FN3O4S. The molecule has 21 heavy (non-hydrogen) atoms. The van der Waals surface area contributed by atoms with E-state index in [4.69, 9.17) is 5.26 Å². The first kappa shape index (κ1) is 15.3. The fourth-order valence-electron chi connectivity index (χ4n) is 2.29. The van der Waals surface area contributed by atoms with E-state index in [0.717, 1.165) is 22.5 Å². The summed E-state index contributed by atoms with van der Waals surface area (Å²) in [6, 6.07) is 4.95. The van der Waals surface area contributed by atoms with Crippen LogP contribution in [-0.2, 0) is 10.0 Å². The van der Waals surface area contributed by atoms with E-state index in [1.807, 2.05) is 6.07 Å². The van der Waals surface area contributed by atoms with Crippen molar-refractivity contribution in [1.29, 1.82) is 5.26 Å². The highest BCUT2D eigenvalue weighted by Crippen LogP contribution is 2.31. The summed E-state index contributed by atoms with van der Waals surface area (Å²) >= 11 is 0. The number of hydrogen-bond acceptors (Lipinski definition) is 5. The Morgan fingerprint density at radius 1 is 1.48 bits per heavy atom. The van der Waals surface area contributed by atoms with Crippen LogP contribution in [0.2, 0.25) is 0 Å².